The molecule has 0 aliphatic heterocycles. The highest BCUT2D eigenvalue weighted by Crippen LogP contribution is 2.40. The number of hydrogen-bond donors (Lipinski definition) is 2. The number of carboxylic acids is 1. The molecule has 0 bridgehead atoms. The van der Waals surface area contributed by atoms with Crippen molar-refractivity contribution in [2.75, 3.05) is 6.54 Å². The highest BCUT2D eigenvalue weighted by molar-refractivity contribution is 5.89. The van der Waals surface area contributed by atoms with Gasteiger partial charge in [0.05, 0.1) is 5.56 Å². The Bertz CT molecular complexity index is 434. The standard InChI is InChI=1S/C14H19NO2/c1-10-4-5-11(8-12(10)13(16)17)14(9-15)6-2-3-7-14/h4-5,8H,2-3,6-7,9,15H2,1H3,(H,16,17). The van der Waals surface area contributed by atoms with Crippen molar-refractivity contribution < 1.29 is 9.90 Å². The van der Waals surface area contributed by atoms with Crippen LogP contribution in [0.1, 0.15) is 47.2 Å². The summed E-state index contributed by atoms with van der Waals surface area (Å²) in [5.41, 5.74) is 8.24. The Labute approximate surface area is 102 Å². The number of carboxylic acid groups (broad SMARTS) is 1. The smallest absolute Gasteiger partial charge is 0.335 e. The Hall–Kier alpha value is -1.35. The molecule has 2 rings (SSSR count). The number of aromatic carboxylic acids is 1. The summed E-state index contributed by atoms with van der Waals surface area (Å²) in [5.74, 6) is -0.852. The molecule has 3 nitrogen and oxygen atoms in total. The molecule has 17 heavy (non-hydrogen) atoms. The molecule has 0 spiro atoms. The number of hydrogen-bond acceptors (Lipinski definition) is 2. The quantitative estimate of drug-likeness (QED) is 0.843. The second-order valence-corrected chi connectivity index (χ2v) is 5.03. The van der Waals surface area contributed by atoms with Crippen LogP contribution in [0.25, 0.3) is 0 Å². The van der Waals surface area contributed by atoms with Crippen LogP contribution in [0.5, 0.6) is 0 Å². The van der Waals surface area contributed by atoms with E-state index in [1.54, 1.807) is 0 Å². The molecule has 0 radical (unpaired) electrons. The fourth-order valence-electron chi connectivity index (χ4n) is 2.84. The maximum atomic E-state index is 11.2. The molecule has 1 aromatic rings. The van der Waals surface area contributed by atoms with Gasteiger partial charge in [-0.3, -0.25) is 0 Å². The number of rotatable bonds is 3. The molecule has 0 unspecified atom stereocenters. The van der Waals surface area contributed by atoms with Crippen LogP contribution in [0, 0.1) is 6.92 Å². The minimum Gasteiger partial charge on any atom is -0.478 e. The molecule has 92 valence electrons. The van der Waals surface area contributed by atoms with Crippen LogP contribution in [-0.4, -0.2) is 17.6 Å². The summed E-state index contributed by atoms with van der Waals surface area (Å²) in [4.78, 5) is 11.2. The predicted molar refractivity (Wildman–Crippen MR) is 67.3 cm³/mol. The molecule has 0 aromatic heterocycles. The van der Waals surface area contributed by atoms with Crippen LogP contribution in [-0.2, 0) is 5.41 Å². The van der Waals surface area contributed by atoms with Gasteiger partial charge in [0.25, 0.3) is 0 Å². The third-order valence-electron chi connectivity index (χ3n) is 4.03. The lowest BCUT2D eigenvalue weighted by Gasteiger charge is -2.28. The fraction of sp³-hybridized carbons (Fsp3) is 0.500. The molecule has 1 saturated carbocycles. The van der Waals surface area contributed by atoms with Gasteiger partial charge in [-0.1, -0.05) is 25.0 Å². The molecular weight excluding hydrogens is 214 g/mol. The number of benzene rings is 1. The SMILES string of the molecule is Cc1ccc(C2(CN)CCCC2)cc1C(=O)O. The first-order valence-electron chi connectivity index (χ1n) is 6.13. The third kappa shape index (κ3) is 2.07. The summed E-state index contributed by atoms with van der Waals surface area (Å²) in [6, 6.07) is 5.75. The minimum absolute atomic E-state index is 0.0118. The van der Waals surface area contributed by atoms with E-state index in [1.165, 1.54) is 12.8 Å². The van der Waals surface area contributed by atoms with Gasteiger partial charge >= 0.3 is 5.97 Å². The van der Waals surface area contributed by atoms with Gasteiger partial charge in [0.2, 0.25) is 0 Å². The largest absolute Gasteiger partial charge is 0.478 e. The highest BCUT2D eigenvalue weighted by Gasteiger charge is 2.34. The van der Waals surface area contributed by atoms with Crippen molar-refractivity contribution in [1.29, 1.82) is 0 Å². The van der Waals surface area contributed by atoms with Gasteiger partial charge in [0.1, 0.15) is 0 Å². The van der Waals surface area contributed by atoms with Gasteiger partial charge in [0.15, 0.2) is 0 Å². The lowest BCUT2D eigenvalue weighted by molar-refractivity contribution is 0.0696. The van der Waals surface area contributed by atoms with E-state index in [0.717, 1.165) is 24.0 Å². The van der Waals surface area contributed by atoms with Crippen LogP contribution in [0.15, 0.2) is 18.2 Å². The second-order valence-electron chi connectivity index (χ2n) is 5.03. The normalized spacial score (nSPS) is 18.2. The van der Waals surface area contributed by atoms with E-state index in [0.29, 0.717) is 12.1 Å². The van der Waals surface area contributed by atoms with Crippen molar-refractivity contribution in [3.05, 3.63) is 34.9 Å². The molecule has 3 heteroatoms. The number of nitrogens with two attached hydrogens (primary N) is 1. The monoisotopic (exact) mass is 233 g/mol. The van der Waals surface area contributed by atoms with E-state index in [2.05, 4.69) is 0 Å². The van der Waals surface area contributed by atoms with Gasteiger partial charge < -0.3 is 10.8 Å². The van der Waals surface area contributed by atoms with E-state index in [-0.39, 0.29) is 5.41 Å². The zero-order valence-corrected chi connectivity index (χ0v) is 10.2. The lowest BCUT2D eigenvalue weighted by atomic mass is 9.78. The Morgan fingerprint density at radius 1 is 1.41 bits per heavy atom. The molecule has 3 N–H and O–H groups in total. The van der Waals surface area contributed by atoms with Crippen molar-refractivity contribution in [3.8, 4) is 0 Å². The minimum atomic E-state index is -0.852. The molecule has 1 aliphatic carbocycles. The van der Waals surface area contributed by atoms with Gasteiger partial charge in [-0.2, -0.15) is 0 Å². The first kappa shape index (κ1) is 12.1. The van der Waals surface area contributed by atoms with Crippen molar-refractivity contribution in [1.82, 2.24) is 0 Å². The van der Waals surface area contributed by atoms with E-state index >= 15 is 0 Å². The molecule has 0 amide bonds. The molecule has 0 saturated heterocycles. The molecular formula is C14H19NO2. The van der Waals surface area contributed by atoms with E-state index < -0.39 is 5.97 Å². The summed E-state index contributed by atoms with van der Waals surface area (Å²) < 4.78 is 0. The van der Waals surface area contributed by atoms with Gasteiger partial charge in [-0.05, 0) is 37.0 Å². The molecule has 0 heterocycles. The van der Waals surface area contributed by atoms with Crippen molar-refractivity contribution in [3.63, 3.8) is 0 Å². The maximum Gasteiger partial charge on any atom is 0.335 e. The van der Waals surface area contributed by atoms with Crippen molar-refractivity contribution in [2.24, 2.45) is 5.73 Å². The molecule has 1 fully saturated rings. The van der Waals surface area contributed by atoms with E-state index in [4.69, 9.17) is 10.8 Å². The molecule has 1 aliphatic rings. The van der Waals surface area contributed by atoms with Crippen molar-refractivity contribution >= 4 is 5.97 Å². The van der Waals surface area contributed by atoms with Crippen LogP contribution in [0.4, 0.5) is 0 Å². The fourth-order valence-corrected chi connectivity index (χ4v) is 2.84. The summed E-state index contributed by atoms with van der Waals surface area (Å²) in [6.07, 6.45) is 4.53. The summed E-state index contributed by atoms with van der Waals surface area (Å²) in [7, 11) is 0. The molecule has 0 atom stereocenters. The third-order valence-corrected chi connectivity index (χ3v) is 4.03. The van der Waals surface area contributed by atoms with Crippen LogP contribution in [0.3, 0.4) is 0 Å². The summed E-state index contributed by atoms with van der Waals surface area (Å²) in [6.45, 7) is 2.44. The second kappa shape index (κ2) is 4.49. The van der Waals surface area contributed by atoms with Crippen LogP contribution in [0.2, 0.25) is 0 Å². The van der Waals surface area contributed by atoms with Crippen molar-refractivity contribution in [2.45, 2.75) is 38.0 Å². The van der Waals surface area contributed by atoms with Crippen LogP contribution < -0.4 is 5.73 Å². The lowest BCUT2D eigenvalue weighted by Crippen LogP contribution is -2.32. The average Bonchev–Trinajstić information content (AvgIpc) is 2.79. The van der Waals surface area contributed by atoms with Gasteiger partial charge in [0, 0.05) is 12.0 Å². The predicted octanol–water partition coefficient (Wildman–Crippen LogP) is 2.46. The summed E-state index contributed by atoms with van der Waals surface area (Å²) in [5, 5.41) is 9.16. The number of carbonyl (C=O) groups is 1. The van der Waals surface area contributed by atoms with E-state index in [9.17, 15) is 4.79 Å². The zero-order chi connectivity index (χ0) is 12.5. The van der Waals surface area contributed by atoms with Crippen LogP contribution >= 0.6 is 0 Å². The Morgan fingerprint density at radius 3 is 2.59 bits per heavy atom. The Kier molecular flexibility index (Phi) is 3.20. The number of aryl methyl sites for hydroxylation is 1. The summed E-state index contributed by atoms with van der Waals surface area (Å²) >= 11 is 0. The first-order valence-corrected chi connectivity index (χ1v) is 6.13. The highest BCUT2D eigenvalue weighted by atomic mass is 16.4. The Balaban J connectivity index is 2.45. The van der Waals surface area contributed by atoms with E-state index in [1.807, 2.05) is 25.1 Å². The van der Waals surface area contributed by atoms with Gasteiger partial charge in [-0.15, -0.1) is 0 Å². The zero-order valence-electron chi connectivity index (χ0n) is 10.2. The topological polar surface area (TPSA) is 63.3 Å². The Morgan fingerprint density at radius 2 is 2.06 bits per heavy atom. The molecule has 1 aromatic carbocycles. The average molecular weight is 233 g/mol. The maximum absolute atomic E-state index is 11.2. The van der Waals surface area contributed by atoms with Gasteiger partial charge in [-0.25, -0.2) is 4.79 Å². The first-order chi connectivity index (χ1) is 8.09.